The quantitative estimate of drug-likeness (QED) is 0.158. The van der Waals surface area contributed by atoms with Crippen LogP contribution in [0.3, 0.4) is 0 Å². The molecule has 5 N–H and O–H groups in total. The molecule has 4 rings (SSSR count). The van der Waals surface area contributed by atoms with Crippen molar-refractivity contribution in [3.63, 3.8) is 0 Å². The number of hydrogen-bond donors (Lipinski definition) is 4. The number of carbonyl (C=O) groups is 1. The number of anilines is 1. The van der Waals surface area contributed by atoms with Gasteiger partial charge in [-0.25, -0.2) is 18.5 Å². The predicted octanol–water partition coefficient (Wildman–Crippen LogP) is 2.98. The third kappa shape index (κ3) is 6.22. The van der Waals surface area contributed by atoms with Crippen molar-refractivity contribution in [3.05, 3.63) is 54.5 Å². The van der Waals surface area contributed by atoms with Gasteiger partial charge in [-0.15, -0.1) is 0 Å². The molecule has 3 heterocycles. The van der Waals surface area contributed by atoms with Crippen LogP contribution in [0.4, 0.5) is 10.2 Å². The molecule has 0 radical (unpaired) electrons. The fourth-order valence-electron chi connectivity index (χ4n) is 4.70. The Morgan fingerprint density at radius 1 is 1.27 bits per heavy atom. The molecule has 13 nitrogen and oxygen atoms in total. The number of aliphatic hydroxyl groups excluding tert-OH is 2. The van der Waals surface area contributed by atoms with Gasteiger partial charge in [0.25, 0.3) is 0 Å². The minimum Gasteiger partial charge on any atom is -0.480 e. The number of hydrogen-bond acceptors (Lipinski definition) is 10. The minimum atomic E-state index is -4.51. The topological polar surface area (TPSA) is 182 Å². The van der Waals surface area contributed by atoms with Crippen LogP contribution in [-0.2, 0) is 18.6 Å². The Kier molecular flexibility index (Phi) is 9.62. The van der Waals surface area contributed by atoms with E-state index < -0.39 is 57.0 Å². The van der Waals surface area contributed by atoms with Gasteiger partial charge in [-0.2, -0.15) is 9.77 Å². The van der Waals surface area contributed by atoms with E-state index >= 15 is 0 Å². The molecule has 1 aromatic carbocycles. The lowest BCUT2D eigenvalue weighted by atomic mass is 9.96. The molecule has 1 unspecified atom stereocenters. The number of nitrogens with two attached hydrogens (primary N) is 1. The maximum Gasteiger partial charge on any atom is 0.462 e. The number of carboxylic acids is 1. The van der Waals surface area contributed by atoms with Crippen LogP contribution >= 0.6 is 7.75 Å². The van der Waals surface area contributed by atoms with E-state index in [-0.39, 0.29) is 23.8 Å². The smallest absolute Gasteiger partial charge is 0.462 e. The summed E-state index contributed by atoms with van der Waals surface area (Å²) >= 11 is 0. The number of rotatable bonds is 14. The number of aliphatic carboxylic acids is 1. The van der Waals surface area contributed by atoms with Crippen LogP contribution in [0.25, 0.3) is 5.52 Å². The first-order valence-corrected chi connectivity index (χ1v) is 14.7. The maximum atomic E-state index is 14.7. The predicted molar refractivity (Wildman–Crippen MR) is 146 cm³/mol. The second kappa shape index (κ2) is 12.8. The van der Waals surface area contributed by atoms with Crippen molar-refractivity contribution in [1.29, 1.82) is 0 Å². The number of alkyl halides is 1. The zero-order valence-corrected chi connectivity index (χ0v) is 23.6. The van der Waals surface area contributed by atoms with Gasteiger partial charge in [0.05, 0.1) is 12.3 Å². The molecule has 0 aliphatic carbocycles. The summed E-state index contributed by atoms with van der Waals surface area (Å²) in [7, 11) is -4.51. The molecule has 1 aliphatic rings. The van der Waals surface area contributed by atoms with Crippen molar-refractivity contribution in [2.24, 2.45) is 0 Å². The normalized spacial score (nSPS) is 24.9. The zero-order valence-electron chi connectivity index (χ0n) is 22.7. The Morgan fingerprint density at radius 3 is 2.66 bits per heavy atom. The molecular formula is C26H35FN5O8P. The molecule has 15 heteroatoms. The standard InChI is InChI=1S/C26H35FN5O8P/c1-3-4-8-13-31(17(2)25(35)36)41(37,40-18-9-6-5-7-10-18)38-15-26(14-27)23(34)21(33)22(39-26)19-11-12-20-24(28)29-16-30-32(19)20/h5-7,9-12,16-17,21-23,33-34H,3-4,8,13-15H2,1-2H3,(H,35,36)(H2,28,29,30)/t17-,21-,22-,23-,26+,41?/m0/s1. The lowest BCUT2D eigenvalue weighted by Gasteiger charge is -2.35. The van der Waals surface area contributed by atoms with E-state index in [1.807, 2.05) is 6.92 Å². The Labute approximate surface area is 236 Å². The summed E-state index contributed by atoms with van der Waals surface area (Å²) < 4.78 is 49.1. The molecule has 0 bridgehead atoms. The highest BCUT2D eigenvalue weighted by Crippen LogP contribution is 2.55. The van der Waals surface area contributed by atoms with Gasteiger partial charge in [-0.05, 0) is 37.6 Å². The fraction of sp³-hybridized carbons (Fsp3) is 0.500. The first-order chi connectivity index (χ1) is 19.6. The summed E-state index contributed by atoms with van der Waals surface area (Å²) in [6.45, 7) is 1.18. The van der Waals surface area contributed by atoms with Crippen LogP contribution < -0.4 is 10.3 Å². The van der Waals surface area contributed by atoms with Gasteiger partial charge >= 0.3 is 13.7 Å². The van der Waals surface area contributed by atoms with Crippen molar-refractivity contribution < 1.29 is 42.9 Å². The van der Waals surface area contributed by atoms with Crippen molar-refractivity contribution in [2.45, 2.75) is 63.1 Å². The summed E-state index contributed by atoms with van der Waals surface area (Å²) in [6.07, 6.45) is -1.50. The number of unbranched alkanes of at least 4 members (excludes halogenated alkanes) is 2. The summed E-state index contributed by atoms with van der Waals surface area (Å²) in [5.74, 6) is -0.976. The van der Waals surface area contributed by atoms with Crippen LogP contribution in [-0.4, -0.2) is 84.2 Å². The minimum absolute atomic E-state index is 0.0416. The van der Waals surface area contributed by atoms with Gasteiger partial charge in [0.2, 0.25) is 0 Å². The monoisotopic (exact) mass is 595 g/mol. The van der Waals surface area contributed by atoms with Gasteiger partial charge in [-0.1, -0.05) is 38.0 Å². The van der Waals surface area contributed by atoms with E-state index in [0.29, 0.717) is 11.9 Å². The number of aromatic nitrogens is 3. The van der Waals surface area contributed by atoms with E-state index in [4.69, 9.17) is 19.5 Å². The van der Waals surface area contributed by atoms with Gasteiger partial charge in [0.15, 0.2) is 5.82 Å². The van der Waals surface area contributed by atoms with Gasteiger partial charge < -0.3 is 30.3 Å². The number of carboxylic acid groups (broad SMARTS) is 1. The number of nitrogen functional groups attached to an aromatic ring is 1. The second-order valence-corrected chi connectivity index (χ2v) is 11.8. The Hall–Kier alpha value is -3.13. The lowest BCUT2D eigenvalue weighted by molar-refractivity contribution is -0.141. The van der Waals surface area contributed by atoms with Crippen molar-refractivity contribution in [1.82, 2.24) is 19.3 Å². The molecule has 6 atom stereocenters. The number of fused-ring (bicyclic) bond motifs is 1. The van der Waals surface area contributed by atoms with Crippen LogP contribution in [0.5, 0.6) is 5.75 Å². The van der Waals surface area contributed by atoms with Crippen LogP contribution in [0.15, 0.2) is 48.8 Å². The number of halogens is 1. The van der Waals surface area contributed by atoms with E-state index in [2.05, 4.69) is 10.1 Å². The number of para-hydroxylation sites is 1. The maximum absolute atomic E-state index is 14.7. The average molecular weight is 596 g/mol. The number of benzene rings is 1. The molecule has 0 saturated carbocycles. The molecule has 3 aromatic rings. The van der Waals surface area contributed by atoms with Gasteiger partial charge in [-0.3, -0.25) is 9.32 Å². The van der Waals surface area contributed by atoms with Crippen molar-refractivity contribution in [3.8, 4) is 5.75 Å². The molecular weight excluding hydrogens is 560 g/mol. The molecule has 1 fully saturated rings. The number of ether oxygens (including phenoxy) is 1. The lowest BCUT2D eigenvalue weighted by Crippen LogP contribution is -2.49. The summed E-state index contributed by atoms with van der Waals surface area (Å²) in [5, 5.41) is 35.8. The first kappa shape index (κ1) is 30.8. The largest absolute Gasteiger partial charge is 0.480 e. The van der Waals surface area contributed by atoms with Crippen molar-refractivity contribution >= 4 is 25.1 Å². The van der Waals surface area contributed by atoms with E-state index in [0.717, 1.165) is 17.5 Å². The first-order valence-electron chi connectivity index (χ1n) is 13.2. The second-order valence-electron chi connectivity index (χ2n) is 9.90. The van der Waals surface area contributed by atoms with E-state index in [9.17, 15) is 29.1 Å². The van der Waals surface area contributed by atoms with Gasteiger partial charge in [0.1, 0.15) is 54.2 Å². The molecule has 1 saturated heterocycles. The summed E-state index contributed by atoms with van der Waals surface area (Å²) in [6, 6.07) is 9.84. The van der Waals surface area contributed by atoms with E-state index in [1.165, 1.54) is 29.9 Å². The third-order valence-corrected chi connectivity index (χ3v) is 9.18. The highest BCUT2D eigenvalue weighted by molar-refractivity contribution is 7.51. The highest BCUT2D eigenvalue weighted by atomic mass is 31.2. The molecule has 224 valence electrons. The highest BCUT2D eigenvalue weighted by Gasteiger charge is 2.57. The van der Waals surface area contributed by atoms with Crippen molar-refractivity contribution in [2.75, 3.05) is 25.6 Å². The van der Waals surface area contributed by atoms with Crippen LogP contribution in [0, 0.1) is 0 Å². The van der Waals surface area contributed by atoms with Crippen LogP contribution in [0.2, 0.25) is 0 Å². The summed E-state index contributed by atoms with van der Waals surface area (Å²) in [4.78, 5) is 15.9. The summed E-state index contributed by atoms with van der Waals surface area (Å²) in [5.41, 5.74) is 4.39. The Bertz CT molecular complexity index is 1380. The molecule has 41 heavy (non-hydrogen) atoms. The SMILES string of the molecule is CCCCCN([C@@H](C)C(=O)O)P(=O)(OC[C@@]1(CF)O[C@@H](c2ccc3c(N)ncnn23)[C@H](O)[C@@H]1O)Oc1ccccc1. The van der Waals surface area contributed by atoms with Crippen LogP contribution in [0.1, 0.15) is 44.9 Å². The molecule has 1 aliphatic heterocycles. The fourth-order valence-corrected chi connectivity index (χ4v) is 6.68. The zero-order chi connectivity index (χ0) is 29.8. The average Bonchev–Trinajstić information content (AvgIpc) is 3.50. The molecule has 0 amide bonds. The third-order valence-electron chi connectivity index (χ3n) is 7.11. The Balaban J connectivity index is 1.66. The van der Waals surface area contributed by atoms with Gasteiger partial charge in [0, 0.05) is 6.54 Å². The number of aliphatic hydroxyl groups is 2. The number of nitrogens with zero attached hydrogens (tertiary/aromatic N) is 4. The van der Waals surface area contributed by atoms with E-state index in [1.54, 1.807) is 30.3 Å². The molecule has 0 spiro atoms. The molecule has 2 aromatic heterocycles. The Morgan fingerprint density at radius 2 is 2.00 bits per heavy atom.